The van der Waals surface area contributed by atoms with Crippen molar-refractivity contribution in [1.82, 2.24) is 42.1 Å². The molecule has 14 N–H and O–H groups in total. The zero-order chi connectivity index (χ0) is 52.6. The Morgan fingerprint density at radius 1 is 0.814 bits per heavy atom. The number of primary amides is 2. The number of benzene rings is 1. The van der Waals surface area contributed by atoms with Crippen LogP contribution < -0.4 is 54.4 Å². The highest BCUT2D eigenvalue weighted by atomic mass is 33.1. The highest BCUT2D eigenvalue weighted by Gasteiger charge is 2.42. The van der Waals surface area contributed by atoms with Gasteiger partial charge in [0.1, 0.15) is 48.0 Å². The SMILES string of the molecule is CC[C@H](C)[C@@H]1NC(=O)[C@H](Cc2ccc(O)cc2)NC(=O)[C@@H](N)C(C)(C)SSC[C@@H](C(=O)N2CCC[C@H]2C(=O)N[C@@H](CC(C)C)C(=O)NCC(N)=O)NC(=O)[C@H](CC(N)=O)NC(=O)[C@H](CC(C)C)NC1=O. The van der Waals surface area contributed by atoms with Gasteiger partial charge in [0.2, 0.25) is 59.1 Å². The summed E-state index contributed by atoms with van der Waals surface area (Å²) in [7, 11) is 2.16. The molecule has 0 saturated carbocycles. The summed E-state index contributed by atoms with van der Waals surface area (Å²) in [6.45, 7) is 13.7. The zero-order valence-electron chi connectivity index (χ0n) is 41.3. The minimum Gasteiger partial charge on any atom is -0.508 e. The van der Waals surface area contributed by atoms with E-state index >= 15 is 0 Å². The largest absolute Gasteiger partial charge is 0.508 e. The number of nitrogens with one attached hydrogen (secondary N) is 7. The Hall–Kier alpha value is -5.62. The molecule has 9 atom stereocenters. The molecule has 1 aromatic carbocycles. The Kier molecular flexibility index (Phi) is 22.7. The first-order valence-corrected chi connectivity index (χ1v) is 25.9. The number of carbonyl (C=O) groups excluding carboxylic acids is 10. The summed E-state index contributed by atoms with van der Waals surface area (Å²) in [6, 6.07) is -4.35. The molecule has 0 unspecified atom stereocenters. The van der Waals surface area contributed by atoms with Gasteiger partial charge in [0.25, 0.3) is 0 Å². The van der Waals surface area contributed by atoms with Gasteiger partial charge in [0.15, 0.2) is 0 Å². The van der Waals surface area contributed by atoms with E-state index in [0.29, 0.717) is 18.4 Å². The van der Waals surface area contributed by atoms with Crippen LogP contribution >= 0.6 is 21.6 Å². The lowest BCUT2D eigenvalue weighted by Crippen LogP contribution is -2.62. The molecule has 0 spiro atoms. The Morgan fingerprint density at radius 2 is 1.41 bits per heavy atom. The number of hydrogen-bond acceptors (Lipinski definition) is 14. The van der Waals surface area contributed by atoms with Crippen LogP contribution in [0.2, 0.25) is 0 Å². The minimum absolute atomic E-state index is 0.0219. The van der Waals surface area contributed by atoms with Crippen LogP contribution in [-0.4, -0.2) is 141 Å². The quantitative estimate of drug-likeness (QED) is 0.0881. The first-order valence-electron chi connectivity index (χ1n) is 23.6. The third kappa shape index (κ3) is 18.0. The van der Waals surface area contributed by atoms with Crippen molar-refractivity contribution < 1.29 is 53.1 Å². The molecule has 10 amide bonds. The van der Waals surface area contributed by atoms with Gasteiger partial charge < -0.3 is 64.4 Å². The number of carbonyl (C=O) groups is 10. The van der Waals surface area contributed by atoms with Crippen LogP contribution in [0, 0.1) is 17.8 Å². The normalized spacial score (nSPS) is 25.0. The van der Waals surface area contributed by atoms with Gasteiger partial charge in [-0.3, -0.25) is 47.9 Å². The number of aromatic hydroxyl groups is 1. The standard InChI is InChI=1S/C46H73N11O11S2/c1-9-25(6)36-43(66)53-29(18-24(4)5)39(62)51-31(20-34(47)59)40(63)55-32(45(68)57-16-10-11-33(57)42(65)52-28(17-23(2)3)38(61)50-21-35(48)60)22-69-70-46(7,8)37(49)44(67)54-30(41(64)56-36)19-26-12-14-27(58)15-13-26/h12-15,23-25,28-33,36-37,58H,9-11,16-22,49H2,1-8H3,(H2,47,59)(H2,48,60)(H,50,61)(H,51,62)(H,52,65)(H,53,66)(H,54,67)(H,55,63)(H,56,64)/t25-,28-,29-,30-,31-,32-,33-,36-,37+/m0/s1. The van der Waals surface area contributed by atoms with E-state index in [2.05, 4.69) is 37.2 Å². The third-order valence-electron chi connectivity index (χ3n) is 12.0. The van der Waals surface area contributed by atoms with E-state index in [1.54, 1.807) is 53.7 Å². The molecule has 0 aromatic heterocycles. The maximum Gasteiger partial charge on any atom is 0.246 e. The lowest BCUT2D eigenvalue weighted by Gasteiger charge is -2.33. The molecule has 0 radical (unpaired) electrons. The number of nitrogens with two attached hydrogens (primary N) is 3. The number of likely N-dealkylation sites (tertiary alicyclic amines) is 1. The molecule has 22 nitrogen and oxygen atoms in total. The maximum absolute atomic E-state index is 14.7. The molecule has 2 aliphatic heterocycles. The predicted octanol–water partition coefficient (Wildman–Crippen LogP) is -1.05. The van der Waals surface area contributed by atoms with Crippen LogP contribution in [0.1, 0.15) is 99.5 Å². The van der Waals surface area contributed by atoms with Crippen LogP contribution in [0.15, 0.2) is 24.3 Å². The first kappa shape index (κ1) is 58.7. The molecule has 3 rings (SSSR count). The average molecular weight is 1020 g/mol. The summed E-state index contributed by atoms with van der Waals surface area (Å²) >= 11 is 0. The number of phenolic OH excluding ortho intramolecular Hbond substituents is 1. The molecule has 24 heteroatoms. The molecule has 0 bridgehead atoms. The smallest absolute Gasteiger partial charge is 0.246 e. The second kappa shape index (κ2) is 27.1. The van der Waals surface area contributed by atoms with Gasteiger partial charge in [0.05, 0.1) is 19.0 Å². The maximum atomic E-state index is 14.7. The fraction of sp³-hybridized carbons (Fsp3) is 0.652. The van der Waals surface area contributed by atoms with Crippen molar-refractivity contribution in [3.8, 4) is 5.75 Å². The van der Waals surface area contributed by atoms with Crippen LogP contribution in [0.5, 0.6) is 5.75 Å². The molecule has 2 fully saturated rings. The van der Waals surface area contributed by atoms with Crippen molar-refractivity contribution in [3.05, 3.63) is 29.8 Å². The second-order valence-electron chi connectivity index (χ2n) is 19.3. The molecular formula is C46H73N11O11S2. The molecule has 70 heavy (non-hydrogen) atoms. The summed E-state index contributed by atoms with van der Waals surface area (Å²) in [5, 5.41) is 28.5. The Bertz CT molecular complexity index is 2060. The highest BCUT2D eigenvalue weighted by molar-refractivity contribution is 8.77. The van der Waals surface area contributed by atoms with E-state index in [4.69, 9.17) is 17.2 Å². The summed E-state index contributed by atoms with van der Waals surface area (Å²) < 4.78 is -1.13. The number of amides is 10. The van der Waals surface area contributed by atoms with Gasteiger partial charge >= 0.3 is 0 Å². The number of nitrogens with zero attached hydrogens (tertiary/aromatic N) is 1. The summed E-state index contributed by atoms with van der Waals surface area (Å²) in [6.07, 6.45) is 0.438. The number of phenols is 1. The second-order valence-corrected chi connectivity index (χ2v) is 22.3. The van der Waals surface area contributed by atoms with Crippen molar-refractivity contribution in [2.45, 2.75) is 153 Å². The van der Waals surface area contributed by atoms with Gasteiger partial charge in [0, 0.05) is 23.5 Å². The molecule has 390 valence electrons. The molecule has 1 aromatic rings. The first-order chi connectivity index (χ1) is 32.7. The fourth-order valence-electron chi connectivity index (χ4n) is 7.78. The lowest BCUT2D eigenvalue weighted by molar-refractivity contribution is -0.142. The third-order valence-corrected chi connectivity index (χ3v) is 15.3. The lowest BCUT2D eigenvalue weighted by atomic mass is 9.95. The summed E-state index contributed by atoms with van der Waals surface area (Å²) in [5.74, 6) is -8.82. The fourth-order valence-corrected chi connectivity index (χ4v) is 10.6. The van der Waals surface area contributed by atoms with Gasteiger partial charge in [-0.1, -0.05) is 81.7 Å². The molecule has 2 aliphatic rings. The van der Waals surface area contributed by atoms with Crippen LogP contribution in [-0.2, 0) is 54.4 Å². The van der Waals surface area contributed by atoms with E-state index in [1.807, 2.05) is 13.8 Å². The minimum atomic E-state index is -1.65. The van der Waals surface area contributed by atoms with Gasteiger partial charge in [-0.15, -0.1) is 0 Å². The van der Waals surface area contributed by atoms with Gasteiger partial charge in [-0.05, 0) is 75.0 Å². The monoisotopic (exact) mass is 1020 g/mol. The van der Waals surface area contributed by atoms with Crippen LogP contribution in [0.4, 0.5) is 0 Å². The van der Waals surface area contributed by atoms with Crippen LogP contribution in [0.3, 0.4) is 0 Å². The molecule has 2 heterocycles. The van der Waals surface area contributed by atoms with Gasteiger partial charge in [-0.25, -0.2) is 0 Å². The van der Waals surface area contributed by atoms with E-state index in [0.717, 1.165) is 21.6 Å². The van der Waals surface area contributed by atoms with E-state index < -0.39 is 131 Å². The summed E-state index contributed by atoms with van der Waals surface area (Å²) in [5.41, 5.74) is 18.0. The zero-order valence-corrected chi connectivity index (χ0v) is 42.9. The Morgan fingerprint density at radius 3 is 2.00 bits per heavy atom. The van der Waals surface area contributed by atoms with Crippen molar-refractivity contribution in [1.29, 1.82) is 0 Å². The predicted molar refractivity (Wildman–Crippen MR) is 265 cm³/mol. The highest BCUT2D eigenvalue weighted by Crippen LogP contribution is 2.38. The molecular weight excluding hydrogens is 947 g/mol. The van der Waals surface area contributed by atoms with Crippen LogP contribution in [0.25, 0.3) is 0 Å². The van der Waals surface area contributed by atoms with Crippen molar-refractivity contribution in [2.24, 2.45) is 35.0 Å². The van der Waals surface area contributed by atoms with Crippen molar-refractivity contribution in [3.63, 3.8) is 0 Å². The number of rotatable bonds is 16. The molecule has 0 aliphatic carbocycles. The van der Waals surface area contributed by atoms with Crippen molar-refractivity contribution in [2.75, 3.05) is 18.8 Å². The van der Waals surface area contributed by atoms with E-state index in [9.17, 15) is 53.1 Å². The van der Waals surface area contributed by atoms with Crippen molar-refractivity contribution >= 4 is 80.7 Å². The molecule has 2 saturated heterocycles. The summed E-state index contributed by atoms with van der Waals surface area (Å²) in [4.78, 5) is 138. The van der Waals surface area contributed by atoms with E-state index in [-0.39, 0.29) is 55.6 Å². The topological polar surface area (TPSA) is 356 Å². The Labute approximate surface area is 417 Å². The number of hydrogen-bond donors (Lipinski definition) is 11. The van der Waals surface area contributed by atoms with E-state index in [1.165, 1.54) is 17.0 Å². The Balaban J connectivity index is 2.10. The average Bonchev–Trinajstić information content (AvgIpc) is 3.78. The van der Waals surface area contributed by atoms with Gasteiger partial charge in [-0.2, -0.15) is 0 Å².